The summed E-state index contributed by atoms with van der Waals surface area (Å²) in [5.74, 6) is -0.916. The minimum absolute atomic E-state index is 0.200. The molecule has 2 saturated heterocycles. The van der Waals surface area contributed by atoms with E-state index in [1.54, 1.807) is 33.9 Å². The number of likely N-dealkylation sites (tertiary alicyclic amines) is 2. The summed E-state index contributed by atoms with van der Waals surface area (Å²) < 4.78 is 7.84. The lowest BCUT2D eigenvalue weighted by Gasteiger charge is -2.47. The molecule has 11 nitrogen and oxygen atoms in total. The number of likely N-dealkylation sites (N-methyl/N-ethyl adjacent to an activating group) is 1. The first-order valence-electron chi connectivity index (χ1n) is 15.0. The number of ether oxygens (including phenoxy) is 1. The molecular formula is C31H41N7O4. The van der Waals surface area contributed by atoms with E-state index in [1.165, 1.54) is 19.3 Å². The van der Waals surface area contributed by atoms with E-state index in [0.717, 1.165) is 18.4 Å². The smallest absolute Gasteiger partial charge is 0.257 e. The zero-order valence-electron chi connectivity index (χ0n) is 24.5. The average molecular weight is 576 g/mol. The van der Waals surface area contributed by atoms with Gasteiger partial charge < -0.3 is 25.2 Å². The molecule has 3 atom stereocenters. The number of rotatable bonds is 10. The maximum Gasteiger partial charge on any atom is 0.257 e. The molecule has 1 aromatic heterocycles. The van der Waals surface area contributed by atoms with E-state index < -0.39 is 23.5 Å². The van der Waals surface area contributed by atoms with Crippen molar-refractivity contribution in [1.82, 2.24) is 30.2 Å². The van der Waals surface area contributed by atoms with E-state index in [-0.39, 0.29) is 24.3 Å². The van der Waals surface area contributed by atoms with Crippen LogP contribution in [-0.2, 0) is 20.9 Å². The number of nitrogens with one attached hydrogen (secondary N) is 2. The Morgan fingerprint density at radius 3 is 2.57 bits per heavy atom. The van der Waals surface area contributed by atoms with E-state index in [9.17, 15) is 19.6 Å². The van der Waals surface area contributed by atoms with Gasteiger partial charge in [-0.25, -0.2) is 0 Å². The van der Waals surface area contributed by atoms with Crippen molar-refractivity contribution in [2.45, 2.75) is 57.7 Å². The fourth-order valence-corrected chi connectivity index (χ4v) is 6.65. The molecule has 2 aromatic rings. The lowest BCUT2D eigenvalue weighted by atomic mass is 9.71. The summed E-state index contributed by atoms with van der Waals surface area (Å²) in [5, 5.41) is 19.4. The van der Waals surface area contributed by atoms with Gasteiger partial charge in [0.15, 0.2) is 6.19 Å². The number of nitriles is 1. The standard InChI is InChI=1S/C31H41N7O4/c1-22(42-17-24-11-7-4-8-12-24)27(29(40)33-2)35-28(39)26-16-37(20-31(26)18-36(19-31)21-32)30(41)25-13-34-38(15-25)14-23-9-5-3-6-10-23/h3,5-6,9-10,13,15,22,24,26-27H,4,7-8,11-12,14,16-20H2,1-2H3,(H,33,40)(H,35,39)/t22-,26+,27+/m1/s1. The Bertz CT molecular complexity index is 1290. The summed E-state index contributed by atoms with van der Waals surface area (Å²) in [6.07, 6.45) is 10.8. The van der Waals surface area contributed by atoms with Crippen LogP contribution in [0.25, 0.3) is 0 Å². The fraction of sp³-hybridized carbons (Fsp3) is 0.581. The third kappa shape index (κ3) is 6.44. The first kappa shape index (κ1) is 29.6. The molecule has 5 rings (SSSR count). The average Bonchev–Trinajstić information content (AvgIpc) is 3.63. The van der Waals surface area contributed by atoms with E-state index in [4.69, 9.17) is 4.74 Å². The van der Waals surface area contributed by atoms with E-state index in [2.05, 4.69) is 21.9 Å². The molecule has 3 fully saturated rings. The van der Waals surface area contributed by atoms with E-state index >= 15 is 0 Å². The van der Waals surface area contributed by atoms with Crippen molar-refractivity contribution in [2.24, 2.45) is 17.3 Å². The topological polar surface area (TPSA) is 133 Å². The first-order valence-corrected chi connectivity index (χ1v) is 15.0. The molecule has 1 aliphatic carbocycles. The van der Waals surface area contributed by atoms with Gasteiger partial charge in [0.25, 0.3) is 5.91 Å². The third-order valence-corrected chi connectivity index (χ3v) is 9.09. The Morgan fingerprint density at radius 2 is 1.88 bits per heavy atom. The molecule has 2 N–H and O–H groups in total. The second-order valence-corrected chi connectivity index (χ2v) is 12.1. The molecule has 1 aromatic carbocycles. The maximum absolute atomic E-state index is 13.8. The molecule has 1 spiro atoms. The normalized spacial score (nSPS) is 21.3. The number of hydrogen-bond donors (Lipinski definition) is 2. The summed E-state index contributed by atoms with van der Waals surface area (Å²) in [4.78, 5) is 43.5. The molecule has 0 radical (unpaired) electrons. The molecule has 224 valence electrons. The lowest BCUT2D eigenvalue weighted by Crippen LogP contribution is -2.62. The summed E-state index contributed by atoms with van der Waals surface area (Å²) in [6.45, 7) is 4.25. The number of aromatic nitrogens is 2. The monoisotopic (exact) mass is 575 g/mol. The number of hydrogen-bond acceptors (Lipinski definition) is 7. The van der Waals surface area contributed by atoms with Crippen LogP contribution in [0.1, 0.15) is 54.9 Å². The van der Waals surface area contributed by atoms with Crippen molar-refractivity contribution < 1.29 is 19.1 Å². The van der Waals surface area contributed by atoms with Crippen LogP contribution in [0.5, 0.6) is 0 Å². The summed E-state index contributed by atoms with van der Waals surface area (Å²) in [6, 6.07) is 9.01. The van der Waals surface area contributed by atoms with Crippen LogP contribution in [0, 0.1) is 28.7 Å². The van der Waals surface area contributed by atoms with Crippen molar-refractivity contribution in [3.63, 3.8) is 0 Å². The summed E-state index contributed by atoms with van der Waals surface area (Å²) in [7, 11) is 1.54. The minimum atomic E-state index is -0.865. The van der Waals surface area contributed by atoms with Gasteiger partial charge in [-0.15, -0.1) is 0 Å². The van der Waals surface area contributed by atoms with Crippen molar-refractivity contribution in [3.8, 4) is 6.19 Å². The number of amides is 3. The highest BCUT2D eigenvalue weighted by molar-refractivity contribution is 5.95. The van der Waals surface area contributed by atoms with Crippen LogP contribution in [0.3, 0.4) is 0 Å². The highest BCUT2D eigenvalue weighted by Crippen LogP contribution is 2.44. The molecule has 2 aliphatic heterocycles. The molecule has 0 bridgehead atoms. The number of nitrogens with zero attached hydrogens (tertiary/aromatic N) is 5. The molecule has 3 heterocycles. The van der Waals surface area contributed by atoms with Crippen LogP contribution >= 0.6 is 0 Å². The Kier molecular flexibility index (Phi) is 9.12. The Morgan fingerprint density at radius 1 is 1.14 bits per heavy atom. The Labute approximate surface area is 247 Å². The molecule has 3 aliphatic rings. The Hall–Kier alpha value is -3.91. The van der Waals surface area contributed by atoms with Crippen molar-refractivity contribution in [2.75, 3.05) is 39.8 Å². The second-order valence-electron chi connectivity index (χ2n) is 12.1. The van der Waals surface area contributed by atoms with Gasteiger partial charge in [0, 0.05) is 51.4 Å². The lowest BCUT2D eigenvalue weighted by molar-refractivity contribution is -0.138. The van der Waals surface area contributed by atoms with Crippen molar-refractivity contribution in [1.29, 1.82) is 5.26 Å². The zero-order valence-corrected chi connectivity index (χ0v) is 24.5. The number of carbonyl (C=O) groups excluding carboxylic acids is 3. The van der Waals surface area contributed by atoms with Gasteiger partial charge in [0.05, 0.1) is 30.3 Å². The largest absolute Gasteiger partial charge is 0.376 e. The first-order chi connectivity index (χ1) is 20.3. The molecule has 3 amide bonds. The van der Waals surface area contributed by atoms with Gasteiger partial charge in [0.2, 0.25) is 11.8 Å². The maximum atomic E-state index is 13.8. The van der Waals surface area contributed by atoms with Gasteiger partial charge in [-0.05, 0) is 31.2 Å². The van der Waals surface area contributed by atoms with Crippen LogP contribution in [0.4, 0.5) is 0 Å². The highest BCUT2D eigenvalue weighted by atomic mass is 16.5. The fourth-order valence-electron chi connectivity index (χ4n) is 6.65. The van der Waals surface area contributed by atoms with Gasteiger partial charge in [-0.2, -0.15) is 10.4 Å². The predicted molar refractivity (Wildman–Crippen MR) is 155 cm³/mol. The predicted octanol–water partition coefficient (Wildman–Crippen LogP) is 2.00. The molecule has 0 unspecified atom stereocenters. The van der Waals surface area contributed by atoms with Gasteiger partial charge in [-0.3, -0.25) is 19.1 Å². The highest BCUT2D eigenvalue weighted by Gasteiger charge is 2.58. The van der Waals surface area contributed by atoms with Crippen molar-refractivity contribution >= 4 is 17.7 Å². The van der Waals surface area contributed by atoms with Crippen LogP contribution in [0.2, 0.25) is 0 Å². The van der Waals surface area contributed by atoms with Crippen LogP contribution < -0.4 is 10.6 Å². The third-order valence-electron chi connectivity index (χ3n) is 9.09. The zero-order chi connectivity index (χ0) is 29.7. The number of carbonyl (C=O) groups is 3. The van der Waals surface area contributed by atoms with Gasteiger partial charge >= 0.3 is 0 Å². The minimum Gasteiger partial charge on any atom is -0.376 e. The second kappa shape index (κ2) is 12.9. The van der Waals surface area contributed by atoms with Crippen molar-refractivity contribution in [3.05, 3.63) is 53.9 Å². The molecule has 42 heavy (non-hydrogen) atoms. The summed E-state index contributed by atoms with van der Waals surface area (Å²) >= 11 is 0. The summed E-state index contributed by atoms with van der Waals surface area (Å²) in [5.41, 5.74) is 0.964. The SMILES string of the molecule is CNC(=O)[C@@H](NC(=O)[C@@H]1CN(C(=O)c2cnn(Cc3ccccc3)c2)CC12CN(C#N)C2)[C@@H](C)OCC1CCCCC1. The van der Waals surface area contributed by atoms with E-state index in [1.807, 2.05) is 37.3 Å². The molecule has 11 heteroatoms. The van der Waals surface area contributed by atoms with Crippen LogP contribution in [0.15, 0.2) is 42.7 Å². The van der Waals surface area contributed by atoms with E-state index in [0.29, 0.717) is 44.3 Å². The molecular weight excluding hydrogens is 534 g/mol. The Balaban J connectivity index is 1.26. The van der Waals surface area contributed by atoms with Gasteiger partial charge in [-0.1, -0.05) is 49.6 Å². The van der Waals surface area contributed by atoms with Gasteiger partial charge in [0.1, 0.15) is 6.04 Å². The molecule has 1 saturated carbocycles. The quantitative estimate of drug-likeness (QED) is 0.414. The van der Waals surface area contributed by atoms with Crippen LogP contribution in [-0.4, -0.2) is 89.3 Å². The number of benzene rings is 1.